The van der Waals surface area contributed by atoms with E-state index >= 15 is 4.79 Å². The fourth-order valence-corrected chi connectivity index (χ4v) is 8.50. The molecule has 1 saturated heterocycles. The van der Waals surface area contributed by atoms with Crippen LogP contribution in [0.25, 0.3) is 0 Å². The summed E-state index contributed by atoms with van der Waals surface area (Å²) in [5.74, 6) is -10.8. The van der Waals surface area contributed by atoms with Gasteiger partial charge in [0, 0.05) is 0 Å². The number of phenolic OH excluding ortho intramolecular Hbond substituents is 1. The SMILES string of the molecule is CC(C)C[C@H](N)C(=O)NC1C(=O)N[C@@H](CC(N)=O)C(=O)N[C@H]2C(=O)N[C@H](c3ccc(O)cc3)C(=O)NC(C(=O)O)C(O)c3ccc(cc3)Oc3cc2cc(c3O[C@@H]2O[C@H](CO)[C@@H](O)[C@H](O)[C@H]2O)Oc2ccc(cc2)C1O. The molecule has 0 aromatic heterocycles. The lowest BCUT2D eigenvalue weighted by Gasteiger charge is -2.39. The summed E-state index contributed by atoms with van der Waals surface area (Å²) >= 11 is 0. The number of amides is 6. The lowest BCUT2D eigenvalue weighted by molar-refractivity contribution is -0.277. The van der Waals surface area contributed by atoms with Gasteiger partial charge in [0.1, 0.15) is 78.0 Å². The molecule has 4 aromatic rings. The number of primary amides is 1. The number of aliphatic hydroxyl groups is 6. The Labute approximate surface area is 431 Å². The minimum absolute atomic E-state index is 0.0100. The molecule has 6 amide bonds. The smallest absolute Gasteiger partial charge is 0.329 e. The Morgan fingerprint density at radius 3 is 1.75 bits per heavy atom. The third-order valence-electron chi connectivity index (χ3n) is 12.6. The molecule has 0 aliphatic carbocycles. The Balaban J connectivity index is 1.48. The molecule has 9 rings (SSSR count). The van der Waals surface area contributed by atoms with Crippen LogP contribution in [0.5, 0.6) is 34.5 Å². The van der Waals surface area contributed by atoms with Crippen LogP contribution in [0.1, 0.15) is 73.2 Å². The van der Waals surface area contributed by atoms with Gasteiger partial charge in [-0.25, -0.2) is 4.79 Å². The fourth-order valence-electron chi connectivity index (χ4n) is 8.50. The molecular formula is C50H57N7O19. The summed E-state index contributed by atoms with van der Waals surface area (Å²) in [7, 11) is 0. The number of aliphatic hydroxyl groups excluding tert-OH is 6. The molecular weight excluding hydrogens is 1000 g/mol. The zero-order chi connectivity index (χ0) is 55.3. The number of hydrogen-bond donors (Lipinski definition) is 15. The average molecular weight is 1060 g/mol. The summed E-state index contributed by atoms with van der Waals surface area (Å²) in [6, 6.07) is 5.90. The summed E-state index contributed by atoms with van der Waals surface area (Å²) in [6.07, 6.45) is -14.0. The van der Waals surface area contributed by atoms with Gasteiger partial charge in [-0.05, 0) is 83.1 Å². The van der Waals surface area contributed by atoms with E-state index in [1.54, 1.807) is 13.8 Å². The van der Waals surface area contributed by atoms with E-state index in [9.17, 15) is 69.6 Å². The van der Waals surface area contributed by atoms with Crippen molar-refractivity contribution in [2.24, 2.45) is 17.4 Å². The highest BCUT2D eigenvalue weighted by atomic mass is 16.7. The molecule has 4 aromatic carbocycles. The minimum Gasteiger partial charge on any atom is -0.508 e. The first-order valence-corrected chi connectivity index (χ1v) is 23.7. The number of nitrogens with one attached hydrogen (secondary N) is 5. The van der Waals surface area contributed by atoms with Gasteiger partial charge in [-0.3, -0.25) is 28.8 Å². The molecule has 406 valence electrons. The van der Waals surface area contributed by atoms with Gasteiger partial charge in [-0.2, -0.15) is 0 Å². The predicted octanol–water partition coefficient (Wildman–Crippen LogP) is -1.95. The van der Waals surface area contributed by atoms with Crippen LogP contribution in [0.2, 0.25) is 0 Å². The van der Waals surface area contributed by atoms with Crippen LogP contribution >= 0.6 is 0 Å². The van der Waals surface area contributed by atoms with Crippen molar-refractivity contribution in [3.63, 3.8) is 0 Å². The molecule has 13 atom stereocenters. The van der Waals surface area contributed by atoms with Crippen molar-refractivity contribution in [3.05, 3.63) is 107 Å². The Kier molecular flexibility index (Phi) is 17.4. The third kappa shape index (κ3) is 12.8. The van der Waals surface area contributed by atoms with E-state index in [1.165, 1.54) is 60.7 Å². The average Bonchev–Trinajstić information content (AvgIpc) is 3.39. The van der Waals surface area contributed by atoms with E-state index in [4.69, 9.17) is 30.4 Å². The minimum atomic E-state index is -2.11. The van der Waals surface area contributed by atoms with E-state index in [1.807, 2.05) is 0 Å². The summed E-state index contributed by atoms with van der Waals surface area (Å²) in [5, 5.41) is 98.1. The molecule has 4 unspecified atom stereocenters. The van der Waals surface area contributed by atoms with Gasteiger partial charge in [0.05, 0.1) is 19.1 Å². The highest BCUT2D eigenvalue weighted by molar-refractivity contribution is 5.99. The number of ether oxygens (including phenoxy) is 4. The molecule has 26 heteroatoms. The number of fused-ring (bicyclic) bond motifs is 16. The van der Waals surface area contributed by atoms with Crippen molar-refractivity contribution in [2.45, 2.75) is 106 Å². The van der Waals surface area contributed by atoms with Crippen molar-refractivity contribution in [1.82, 2.24) is 26.6 Å². The second-order valence-corrected chi connectivity index (χ2v) is 18.6. The number of rotatable bonds is 11. The Bertz CT molecular complexity index is 2800. The van der Waals surface area contributed by atoms with E-state index in [0.717, 1.165) is 24.3 Å². The molecule has 5 aliphatic heterocycles. The molecule has 5 heterocycles. The number of aliphatic carboxylic acids is 1. The first kappa shape index (κ1) is 55.8. The monoisotopic (exact) mass is 1060 g/mol. The van der Waals surface area contributed by atoms with Crippen LogP contribution in [0.15, 0.2) is 84.9 Å². The highest BCUT2D eigenvalue weighted by Gasteiger charge is 2.46. The van der Waals surface area contributed by atoms with Crippen LogP contribution in [-0.4, -0.2) is 144 Å². The molecule has 1 fully saturated rings. The van der Waals surface area contributed by atoms with E-state index < -0.39 is 151 Å². The first-order valence-electron chi connectivity index (χ1n) is 23.7. The van der Waals surface area contributed by atoms with Gasteiger partial charge in [0.15, 0.2) is 17.5 Å². The lowest BCUT2D eigenvalue weighted by Crippen LogP contribution is -2.60. The van der Waals surface area contributed by atoms with Gasteiger partial charge in [-0.15, -0.1) is 0 Å². The van der Waals surface area contributed by atoms with Crippen molar-refractivity contribution >= 4 is 41.4 Å². The molecule has 0 radical (unpaired) electrons. The van der Waals surface area contributed by atoms with E-state index in [-0.39, 0.29) is 51.8 Å². The van der Waals surface area contributed by atoms with Crippen LogP contribution in [0, 0.1) is 5.92 Å². The zero-order valence-corrected chi connectivity index (χ0v) is 40.5. The Morgan fingerprint density at radius 2 is 1.21 bits per heavy atom. The van der Waals surface area contributed by atoms with Crippen molar-refractivity contribution < 1.29 is 93.4 Å². The Morgan fingerprint density at radius 1 is 0.684 bits per heavy atom. The number of nitrogens with two attached hydrogens (primary N) is 2. The Hall–Kier alpha value is -7.95. The third-order valence-corrected chi connectivity index (χ3v) is 12.6. The number of phenols is 1. The van der Waals surface area contributed by atoms with Crippen molar-refractivity contribution in [1.29, 1.82) is 0 Å². The number of hydrogen-bond acceptors (Lipinski definition) is 19. The molecule has 7 bridgehead atoms. The molecule has 76 heavy (non-hydrogen) atoms. The van der Waals surface area contributed by atoms with Crippen molar-refractivity contribution in [2.75, 3.05) is 6.61 Å². The van der Waals surface area contributed by atoms with Gasteiger partial charge < -0.3 is 97.9 Å². The van der Waals surface area contributed by atoms with Gasteiger partial charge in [-0.1, -0.05) is 50.2 Å². The molecule has 0 spiro atoms. The van der Waals surface area contributed by atoms with E-state index in [0.29, 0.717) is 0 Å². The number of benzene rings is 4. The topological polar surface area (TPSA) is 430 Å². The quantitative estimate of drug-likeness (QED) is 0.0776. The van der Waals surface area contributed by atoms with Gasteiger partial charge >= 0.3 is 5.97 Å². The molecule has 0 saturated carbocycles. The number of carbonyl (C=O) groups is 7. The fraction of sp³-hybridized carbons (Fsp3) is 0.380. The largest absolute Gasteiger partial charge is 0.508 e. The maximum atomic E-state index is 15.1. The summed E-state index contributed by atoms with van der Waals surface area (Å²) < 4.78 is 24.6. The normalized spacial score (nSPS) is 27.4. The zero-order valence-electron chi connectivity index (χ0n) is 40.5. The number of carboxylic acids is 1. The molecule has 5 aliphatic rings. The standard InChI is InChI=1S/C50H57N7O19/c1-20(2)15-28(51)44(66)56-36-38(61)22-5-11-26(12-6-22)73-30-16-24-17-31(43(30)76-50-42(65)41(64)40(63)32(19-58)75-50)74-27-13-7-23(8-14-27)39(62)37(49(71)72)57-46(68)34(21-3-9-25(59)10-4-21)55-47(69)35(24)54-45(67)29(18-33(52)60)53-48(36)70/h3-14,16-17,20,28-29,32,34-42,50,58-59,61-65H,15,18-19,51H2,1-2H3,(H2,52,60)(H,53,70)(H,54,67)(H,55,69)(H,56,66)(H,57,68)(H,71,72)/t28-,29-,32+,34+,35+,36?,37?,38?,39?,40+,41-,42+,50-/m0/s1. The van der Waals surface area contributed by atoms with Crippen LogP contribution in [0.4, 0.5) is 0 Å². The molecule has 17 N–H and O–H groups in total. The number of carbonyl (C=O) groups excluding carboxylic acids is 6. The maximum absolute atomic E-state index is 15.1. The predicted molar refractivity (Wildman–Crippen MR) is 258 cm³/mol. The lowest BCUT2D eigenvalue weighted by atomic mass is 9.98. The van der Waals surface area contributed by atoms with Gasteiger partial charge in [0.2, 0.25) is 47.5 Å². The summed E-state index contributed by atoms with van der Waals surface area (Å²) in [4.78, 5) is 97.3. The second-order valence-electron chi connectivity index (χ2n) is 18.6. The number of carboxylic acid groups (broad SMARTS) is 1. The van der Waals surface area contributed by atoms with Crippen molar-refractivity contribution in [3.8, 4) is 34.5 Å². The first-order chi connectivity index (χ1) is 36.0. The van der Waals surface area contributed by atoms with Crippen LogP contribution in [0.3, 0.4) is 0 Å². The van der Waals surface area contributed by atoms with Gasteiger partial charge in [0.25, 0.3) is 0 Å². The second kappa shape index (κ2) is 23.7. The molecule has 26 nitrogen and oxygen atoms in total. The highest BCUT2D eigenvalue weighted by Crippen LogP contribution is 2.46. The van der Waals surface area contributed by atoms with E-state index in [2.05, 4.69) is 26.6 Å². The number of aromatic hydroxyl groups is 1. The summed E-state index contributed by atoms with van der Waals surface area (Å²) in [5.41, 5.74) is 11.3. The maximum Gasteiger partial charge on any atom is 0.329 e. The van der Waals surface area contributed by atoms with Crippen LogP contribution in [-0.2, 0) is 38.3 Å². The summed E-state index contributed by atoms with van der Waals surface area (Å²) in [6.45, 7) is 2.71. The van der Waals surface area contributed by atoms with Crippen LogP contribution < -0.4 is 52.3 Å².